The second-order valence-electron chi connectivity index (χ2n) is 2.36. The molecule has 0 aromatic heterocycles. The molecule has 0 aliphatic heterocycles. The zero-order valence-corrected chi connectivity index (χ0v) is 9.18. The van der Waals surface area contributed by atoms with E-state index in [1.807, 2.05) is 29.5 Å². The maximum atomic E-state index is 10.6. The van der Waals surface area contributed by atoms with Crippen LogP contribution < -0.4 is 0 Å². The summed E-state index contributed by atoms with van der Waals surface area (Å²) < 4.78 is 0.800. The van der Waals surface area contributed by atoms with Crippen LogP contribution in [-0.2, 0) is 0 Å². The Morgan fingerprint density at radius 2 is 2.17 bits per heavy atom. The number of aryl methyl sites for hydroxylation is 1. The highest BCUT2D eigenvalue weighted by Crippen LogP contribution is 2.25. The van der Waals surface area contributed by atoms with Gasteiger partial charge in [-0.15, -0.1) is 0 Å². The van der Waals surface area contributed by atoms with Crippen LogP contribution in [0, 0.1) is 10.5 Å². The van der Waals surface area contributed by atoms with Gasteiger partial charge in [-0.3, -0.25) is 0 Å². The van der Waals surface area contributed by atoms with E-state index < -0.39 is 5.97 Å². The molecule has 1 aromatic carbocycles. The Morgan fingerprint density at radius 3 is 2.67 bits per heavy atom. The van der Waals surface area contributed by atoms with Crippen molar-refractivity contribution in [2.75, 3.05) is 0 Å². The van der Waals surface area contributed by atoms with Gasteiger partial charge in [0.25, 0.3) is 0 Å². The SMILES string of the molecule is Cc1ccc(C(=O)O)c(Cl)c1I. The Hall–Kier alpha value is -0.290. The maximum Gasteiger partial charge on any atom is 0.337 e. The molecule has 0 aliphatic rings. The highest BCUT2D eigenvalue weighted by atomic mass is 127. The number of benzene rings is 1. The number of hydrogen-bond acceptors (Lipinski definition) is 1. The Kier molecular flexibility index (Phi) is 2.95. The van der Waals surface area contributed by atoms with Gasteiger partial charge in [0, 0.05) is 3.57 Å². The molecule has 1 aromatic rings. The van der Waals surface area contributed by atoms with Crippen LogP contribution in [0.1, 0.15) is 15.9 Å². The fraction of sp³-hybridized carbons (Fsp3) is 0.125. The number of halogens is 2. The zero-order valence-electron chi connectivity index (χ0n) is 6.27. The smallest absolute Gasteiger partial charge is 0.337 e. The summed E-state index contributed by atoms with van der Waals surface area (Å²) in [4.78, 5) is 10.6. The van der Waals surface area contributed by atoms with Crippen molar-refractivity contribution < 1.29 is 9.90 Å². The third kappa shape index (κ3) is 1.72. The first-order valence-corrected chi connectivity index (χ1v) is 4.67. The fourth-order valence-electron chi connectivity index (χ4n) is 0.811. The summed E-state index contributed by atoms with van der Waals surface area (Å²) in [5.41, 5.74) is 1.15. The molecule has 0 atom stereocenters. The molecule has 12 heavy (non-hydrogen) atoms. The predicted octanol–water partition coefficient (Wildman–Crippen LogP) is 2.95. The summed E-state index contributed by atoms with van der Waals surface area (Å²) in [5, 5.41) is 9.02. The summed E-state index contributed by atoms with van der Waals surface area (Å²) in [6, 6.07) is 3.26. The molecule has 0 bridgehead atoms. The first kappa shape index (κ1) is 9.80. The maximum absolute atomic E-state index is 10.6. The lowest BCUT2D eigenvalue weighted by Crippen LogP contribution is -1.99. The molecule has 4 heteroatoms. The topological polar surface area (TPSA) is 37.3 Å². The summed E-state index contributed by atoms with van der Waals surface area (Å²) >= 11 is 7.84. The molecule has 0 radical (unpaired) electrons. The highest BCUT2D eigenvalue weighted by Gasteiger charge is 2.11. The van der Waals surface area contributed by atoms with E-state index in [0.717, 1.165) is 9.13 Å². The van der Waals surface area contributed by atoms with Gasteiger partial charge in [-0.25, -0.2) is 4.79 Å². The molecule has 2 nitrogen and oxygen atoms in total. The van der Waals surface area contributed by atoms with Gasteiger partial charge < -0.3 is 5.11 Å². The first-order valence-electron chi connectivity index (χ1n) is 3.22. The lowest BCUT2D eigenvalue weighted by molar-refractivity contribution is 0.0697. The molecule has 0 amide bonds. The molecule has 0 spiro atoms. The average molecular weight is 296 g/mol. The van der Waals surface area contributed by atoms with Crippen LogP contribution in [0.15, 0.2) is 12.1 Å². The number of aromatic carboxylic acids is 1. The second-order valence-corrected chi connectivity index (χ2v) is 3.82. The standard InChI is InChI=1S/C8H6ClIO2/c1-4-2-3-5(8(11)12)6(9)7(4)10/h2-3H,1H3,(H,11,12). The van der Waals surface area contributed by atoms with Gasteiger partial charge in [0.2, 0.25) is 0 Å². The molecule has 1 rings (SSSR count). The van der Waals surface area contributed by atoms with E-state index in [-0.39, 0.29) is 5.56 Å². The van der Waals surface area contributed by atoms with Crippen LogP contribution in [0.25, 0.3) is 0 Å². The van der Waals surface area contributed by atoms with E-state index in [1.165, 1.54) is 6.07 Å². The summed E-state index contributed by atoms with van der Waals surface area (Å²) in [7, 11) is 0. The van der Waals surface area contributed by atoms with Gasteiger partial charge in [0.15, 0.2) is 0 Å². The summed E-state index contributed by atoms with van der Waals surface area (Å²) in [6.45, 7) is 1.89. The number of carboxylic acids is 1. The van der Waals surface area contributed by atoms with Crippen molar-refractivity contribution in [3.05, 3.63) is 31.9 Å². The van der Waals surface area contributed by atoms with Gasteiger partial charge in [0.05, 0.1) is 10.6 Å². The third-order valence-electron chi connectivity index (χ3n) is 1.51. The normalized spacial score (nSPS) is 9.92. The molecule has 0 saturated heterocycles. The van der Waals surface area contributed by atoms with E-state index in [1.54, 1.807) is 6.07 Å². The Bertz CT molecular complexity index is 336. The summed E-state index contributed by atoms with van der Waals surface area (Å²) in [5.74, 6) is -0.988. The van der Waals surface area contributed by atoms with Gasteiger partial charge in [-0.2, -0.15) is 0 Å². The number of rotatable bonds is 1. The molecule has 1 N–H and O–H groups in total. The minimum absolute atomic E-state index is 0.159. The quantitative estimate of drug-likeness (QED) is 0.809. The largest absolute Gasteiger partial charge is 0.478 e. The average Bonchev–Trinajstić information content (AvgIpc) is 2.00. The minimum atomic E-state index is -0.988. The van der Waals surface area contributed by atoms with Crippen LogP contribution in [0.3, 0.4) is 0 Å². The molecule has 0 heterocycles. The molecule has 0 unspecified atom stereocenters. The van der Waals surface area contributed by atoms with Gasteiger partial charge in [0.1, 0.15) is 0 Å². The van der Waals surface area contributed by atoms with Crippen molar-refractivity contribution >= 4 is 40.2 Å². The Labute approximate surface area is 88.7 Å². The Balaban J connectivity index is 3.36. The van der Waals surface area contributed by atoms with Crippen LogP contribution in [0.2, 0.25) is 5.02 Å². The number of carboxylic acid groups (broad SMARTS) is 1. The van der Waals surface area contributed by atoms with Gasteiger partial charge in [-0.1, -0.05) is 17.7 Å². The van der Waals surface area contributed by atoms with Crippen LogP contribution in [0.5, 0.6) is 0 Å². The number of carbonyl (C=O) groups is 1. The lowest BCUT2D eigenvalue weighted by Gasteiger charge is -2.03. The summed E-state index contributed by atoms with van der Waals surface area (Å²) in [6.07, 6.45) is 0. The fourth-order valence-corrected chi connectivity index (χ4v) is 1.57. The van der Waals surface area contributed by atoms with E-state index in [9.17, 15) is 4.79 Å². The Morgan fingerprint density at radius 1 is 1.58 bits per heavy atom. The first-order chi connectivity index (χ1) is 5.54. The van der Waals surface area contributed by atoms with Crippen LogP contribution >= 0.6 is 34.2 Å². The molecular formula is C8H6ClIO2. The van der Waals surface area contributed by atoms with E-state index in [0.29, 0.717) is 5.02 Å². The van der Waals surface area contributed by atoms with Crippen molar-refractivity contribution in [3.63, 3.8) is 0 Å². The highest BCUT2D eigenvalue weighted by molar-refractivity contribution is 14.1. The van der Waals surface area contributed by atoms with Gasteiger partial charge >= 0.3 is 5.97 Å². The minimum Gasteiger partial charge on any atom is -0.478 e. The van der Waals surface area contributed by atoms with Crippen LogP contribution in [-0.4, -0.2) is 11.1 Å². The lowest BCUT2D eigenvalue weighted by atomic mass is 10.1. The van der Waals surface area contributed by atoms with Crippen molar-refractivity contribution in [2.45, 2.75) is 6.92 Å². The molecule has 0 aliphatic carbocycles. The molecule has 0 saturated carbocycles. The molecule has 64 valence electrons. The third-order valence-corrected chi connectivity index (χ3v) is 3.61. The molecule has 0 fully saturated rings. The number of hydrogen-bond donors (Lipinski definition) is 1. The van der Waals surface area contributed by atoms with E-state index in [4.69, 9.17) is 16.7 Å². The second kappa shape index (κ2) is 3.62. The van der Waals surface area contributed by atoms with Crippen molar-refractivity contribution in [1.29, 1.82) is 0 Å². The molecular weight excluding hydrogens is 290 g/mol. The predicted molar refractivity (Wildman–Crippen MR) is 55.9 cm³/mol. The van der Waals surface area contributed by atoms with Crippen molar-refractivity contribution in [2.24, 2.45) is 0 Å². The van der Waals surface area contributed by atoms with E-state index >= 15 is 0 Å². The zero-order chi connectivity index (χ0) is 9.30. The van der Waals surface area contributed by atoms with Gasteiger partial charge in [-0.05, 0) is 41.1 Å². The van der Waals surface area contributed by atoms with Crippen LogP contribution in [0.4, 0.5) is 0 Å². The van der Waals surface area contributed by atoms with E-state index in [2.05, 4.69) is 0 Å². The monoisotopic (exact) mass is 296 g/mol. The van der Waals surface area contributed by atoms with Crippen molar-refractivity contribution in [1.82, 2.24) is 0 Å². The van der Waals surface area contributed by atoms with Crippen molar-refractivity contribution in [3.8, 4) is 0 Å².